The fraction of sp³-hybridized carbons (Fsp3) is 0.354. The van der Waals surface area contributed by atoms with Crippen molar-refractivity contribution in [2.24, 2.45) is 11.7 Å². The van der Waals surface area contributed by atoms with Gasteiger partial charge in [-0.3, -0.25) is 42.9 Å². The van der Waals surface area contributed by atoms with Crippen molar-refractivity contribution in [2.75, 3.05) is 6.54 Å². The van der Waals surface area contributed by atoms with Gasteiger partial charge in [0.25, 0.3) is 0 Å². The average Bonchev–Trinajstić information content (AvgIpc) is 4.09. The van der Waals surface area contributed by atoms with Crippen molar-refractivity contribution in [3.63, 3.8) is 0 Å². The van der Waals surface area contributed by atoms with Crippen LogP contribution in [0.15, 0.2) is 104 Å². The maximum absolute atomic E-state index is 14.5. The Hall–Kier alpha value is -7.63. The standard InChI is InChI=1S/C48H56N10O8/c1-29(2)42(47(65)53-36(43(49)61)23-33-26-57(28-59)40-18-11-10-17-35(33)40)56-45(63)38(22-32-15-8-5-9-16-32)54-44(62)37(21-31-13-6-4-7-14-31)55-46(64)41-19-12-20-58(41)48(66)39(52-30(3)60)24-34-25-50-27-51-34/h4-11,13-18,25-29,36-39,41-42H,12,19-24H2,1-3H3,(H2,49,61)(H,50,51)(H,52,60)(H,53,65)(H,54,62)(H,55,64)(H,56,63)/t36-,37-,38-,39+,41-,42-/m0/s1. The van der Waals surface area contributed by atoms with Gasteiger partial charge < -0.3 is 42.2 Å². The topological polar surface area (TPSA) is 260 Å². The number of nitrogens with two attached hydrogens (primary N) is 1. The lowest BCUT2D eigenvalue weighted by molar-refractivity contribution is -0.142. The van der Waals surface area contributed by atoms with Crippen molar-refractivity contribution in [3.8, 4) is 0 Å². The van der Waals surface area contributed by atoms with E-state index in [0.717, 1.165) is 0 Å². The highest BCUT2D eigenvalue weighted by Crippen LogP contribution is 2.23. The molecule has 8 N–H and O–H groups in total. The number of imidazole rings is 1. The molecule has 7 amide bonds. The second kappa shape index (κ2) is 22.3. The second-order valence-electron chi connectivity index (χ2n) is 16.8. The number of para-hydroxylation sites is 1. The second-order valence-corrected chi connectivity index (χ2v) is 16.8. The Morgan fingerprint density at radius 3 is 1.94 bits per heavy atom. The number of H-pyrrole nitrogens is 1. The summed E-state index contributed by atoms with van der Waals surface area (Å²) in [7, 11) is 0. The first-order chi connectivity index (χ1) is 31.7. The molecule has 6 atom stereocenters. The third-order valence-electron chi connectivity index (χ3n) is 11.6. The molecule has 0 unspecified atom stereocenters. The van der Waals surface area contributed by atoms with Crippen LogP contribution in [0.3, 0.4) is 0 Å². The first-order valence-electron chi connectivity index (χ1n) is 21.9. The molecule has 1 saturated heterocycles. The molecule has 18 heteroatoms. The van der Waals surface area contributed by atoms with Crippen molar-refractivity contribution in [2.45, 2.75) is 95.5 Å². The van der Waals surface area contributed by atoms with Gasteiger partial charge in [-0.25, -0.2) is 4.98 Å². The van der Waals surface area contributed by atoms with Gasteiger partial charge in [-0.2, -0.15) is 0 Å². The Bertz CT molecular complexity index is 2510. The summed E-state index contributed by atoms with van der Waals surface area (Å²) in [4.78, 5) is 116. The number of aromatic nitrogens is 3. The Balaban J connectivity index is 1.21. The molecule has 3 heterocycles. The molecule has 0 radical (unpaired) electrons. The van der Waals surface area contributed by atoms with Crippen LogP contribution in [0.25, 0.3) is 10.9 Å². The number of rotatable bonds is 21. The van der Waals surface area contributed by atoms with E-state index in [4.69, 9.17) is 5.73 Å². The smallest absolute Gasteiger partial charge is 0.246 e. The number of hydrogen-bond donors (Lipinski definition) is 7. The van der Waals surface area contributed by atoms with Crippen LogP contribution in [0.1, 0.15) is 56.0 Å². The van der Waals surface area contributed by atoms with Crippen molar-refractivity contribution in [3.05, 3.63) is 126 Å². The zero-order chi connectivity index (χ0) is 47.3. The van der Waals surface area contributed by atoms with Crippen LogP contribution in [-0.2, 0) is 64.0 Å². The maximum Gasteiger partial charge on any atom is 0.246 e. The van der Waals surface area contributed by atoms with Crippen LogP contribution in [0, 0.1) is 5.92 Å². The van der Waals surface area contributed by atoms with Crippen LogP contribution in [0.5, 0.6) is 0 Å². The first kappa shape index (κ1) is 47.8. The van der Waals surface area contributed by atoms with Crippen molar-refractivity contribution in [1.82, 2.24) is 46.0 Å². The number of likely N-dealkylation sites (tertiary alicyclic amines) is 1. The van der Waals surface area contributed by atoms with E-state index < -0.39 is 83.5 Å². The van der Waals surface area contributed by atoms with E-state index in [1.54, 1.807) is 105 Å². The van der Waals surface area contributed by atoms with Crippen LogP contribution < -0.4 is 32.3 Å². The molecule has 346 valence electrons. The van der Waals surface area contributed by atoms with Gasteiger partial charge in [-0.05, 0) is 41.5 Å². The number of benzene rings is 3. The van der Waals surface area contributed by atoms with Gasteiger partial charge in [0.05, 0.1) is 11.8 Å². The summed E-state index contributed by atoms with van der Waals surface area (Å²) >= 11 is 0. The van der Waals surface area contributed by atoms with Crippen molar-refractivity contribution in [1.29, 1.82) is 0 Å². The largest absolute Gasteiger partial charge is 0.368 e. The molecule has 2 aromatic heterocycles. The Morgan fingerprint density at radius 2 is 1.35 bits per heavy atom. The molecule has 66 heavy (non-hydrogen) atoms. The Kier molecular flexibility index (Phi) is 16.2. The number of carbonyl (C=O) groups excluding carboxylic acids is 8. The molecular weight excluding hydrogens is 845 g/mol. The molecular formula is C48H56N10O8. The number of nitrogens with one attached hydrogen (secondary N) is 6. The fourth-order valence-corrected chi connectivity index (χ4v) is 8.24. The van der Waals surface area contributed by atoms with Gasteiger partial charge in [-0.15, -0.1) is 0 Å². The predicted octanol–water partition coefficient (Wildman–Crippen LogP) is 1.25. The summed E-state index contributed by atoms with van der Waals surface area (Å²) < 4.78 is 1.37. The molecule has 1 fully saturated rings. The summed E-state index contributed by atoms with van der Waals surface area (Å²) in [5.41, 5.74) is 9.02. The summed E-state index contributed by atoms with van der Waals surface area (Å²) in [6.07, 6.45) is 6.16. The lowest BCUT2D eigenvalue weighted by Gasteiger charge is -2.30. The number of fused-ring (bicyclic) bond motifs is 1. The van der Waals surface area contributed by atoms with Gasteiger partial charge in [0.15, 0.2) is 0 Å². The van der Waals surface area contributed by atoms with E-state index in [1.807, 2.05) is 6.07 Å². The summed E-state index contributed by atoms with van der Waals surface area (Å²) in [6.45, 7) is 4.98. The molecule has 0 bridgehead atoms. The predicted molar refractivity (Wildman–Crippen MR) is 244 cm³/mol. The summed E-state index contributed by atoms with van der Waals surface area (Å²) in [6, 6.07) is 18.2. The van der Waals surface area contributed by atoms with Gasteiger partial charge in [0.2, 0.25) is 47.8 Å². The van der Waals surface area contributed by atoms with Crippen LogP contribution >= 0.6 is 0 Å². The molecule has 0 saturated carbocycles. The number of aromatic amines is 1. The lowest BCUT2D eigenvalue weighted by Crippen LogP contribution is -2.61. The van der Waals surface area contributed by atoms with Crippen molar-refractivity contribution < 1.29 is 38.4 Å². The summed E-state index contributed by atoms with van der Waals surface area (Å²) in [5, 5.41) is 14.6. The average molecular weight is 901 g/mol. The molecule has 0 spiro atoms. The monoisotopic (exact) mass is 900 g/mol. The molecule has 1 aliphatic heterocycles. The zero-order valence-corrected chi connectivity index (χ0v) is 37.1. The number of amides is 7. The highest BCUT2D eigenvalue weighted by molar-refractivity contribution is 5.98. The minimum absolute atomic E-state index is 0.00727. The third kappa shape index (κ3) is 12.3. The van der Waals surface area contributed by atoms with Gasteiger partial charge in [0, 0.05) is 62.6 Å². The highest BCUT2D eigenvalue weighted by Gasteiger charge is 2.40. The zero-order valence-electron chi connectivity index (χ0n) is 37.1. The lowest BCUT2D eigenvalue weighted by atomic mass is 9.99. The molecule has 0 aliphatic carbocycles. The fourth-order valence-electron chi connectivity index (χ4n) is 8.24. The molecule has 3 aromatic carbocycles. The third-order valence-corrected chi connectivity index (χ3v) is 11.6. The van der Waals surface area contributed by atoms with E-state index >= 15 is 0 Å². The van der Waals surface area contributed by atoms with Gasteiger partial charge in [-0.1, -0.05) is 92.7 Å². The Morgan fingerprint density at radius 1 is 0.742 bits per heavy atom. The first-order valence-corrected chi connectivity index (χ1v) is 21.9. The highest BCUT2D eigenvalue weighted by atomic mass is 16.2. The maximum atomic E-state index is 14.5. The number of hydrogen-bond acceptors (Lipinski definition) is 9. The molecule has 18 nitrogen and oxygen atoms in total. The normalized spacial score (nSPS) is 15.8. The van der Waals surface area contributed by atoms with E-state index in [9.17, 15) is 38.4 Å². The number of primary amides is 1. The minimum atomic E-state index is -1.25. The van der Waals surface area contributed by atoms with E-state index in [-0.39, 0.29) is 32.2 Å². The van der Waals surface area contributed by atoms with Crippen LogP contribution in [0.4, 0.5) is 0 Å². The molecule has 6 rings (SSSR count). The number of nitrogens with zero attached hydrogens (tertiary/aromatic N) is 3. The van der Waals surface area contributed by atoms with Gasteiger partial charge in [0.1, 0.15) is 36.3 Å². The summed E-state index contributed by atoms with van der Waals surface area (Å²) in [5.74, 6) is -4.88. The minimum Gasteiger partial charge on any atom is -0.368 e. The number of carbonyl (C=O) groups is 8. The Labute approximate surface area is 381 Å². The quantitative estimate of drug-likeness (QED) is 0.0523. The molecule has 5 aromatic rings. The van der Waals surface area contributed by atoms with E-state index in [0.29, 0.717) is 52.5 Å². The van der Waals surface area contributed by atoms with Crippen molar-refractivity contribution >= 4 is 58.7 Å². The SMILES string of the molecule is CC(=O)N[C@H](Cc1cnc[nH]1)C(=O)N1CCC[C@H]1C(=O)N[C@@H](Cc1ccccc1)C(=O)N[C@@H](Cc1ccccc1)C(=O)N[C@H](C(=O)N[C@@H](Cc1cn(C=O)c2ccccc12)C(N)=O)C(C)C. The van der Waals surface area contributed by atoms with E-state index in [1.165, 1.54) is 22.7 Å². The van der Waals surface area contributed by atoms with Crippen LogP contribution in [0.2, 0.25) is 0 Å². The molecule has 1 aliphatic rings. The van der Waals surface area contributed by atoms with Gasteiger partial charge >= 0.3 is 0 Å². The van der Waals surface area contributed by atoms with E-state index in [2.05, 4.69) is 36.6 Å². The van der Waals surface area contributed by atoms with Crippen LogP contribution in [-0.4, -0.2) is 110 Å².